The highest BCUT2D eigenvalue weighted by Gasteiger charge is 2.60. The summed E-state index contributed by atoms with van der Waals surface area (Å²) in [4.78, 5) is 42.7. The number of aliphatic hydroxyl groups is 1. The third kappa shape index (κ3) is 3.73. The van der Waals surface area contributed by atoms with Gasteiger partial charge in [-0.3, -0.25) is 9.59 Å². The van der Waals surface area contributed by atoms with Gasteiger partial charge >= 0.3 is 5.97 Å². The Morgan fingerprint density at radius 3 is 2.61 bits per heavy atom. The van der Waals surface area contributed by atoms with E-state index in [4.69, 9.17) is 0 Å². The van der Waals surface area contributed by atoms with E-state index in [1.54, 1.807) is 5.38 Å². The Labute approximate surface area is 184 Å². The molecule has 8 nitrogen and oxygen atoms in total. The van der Waals surface area contributed by atoms with Crippen LogP contribution in [0.1, 0.15) is 24.3 Å². The standard InChI is InChI=1S/C20H18FN3O5S2/c1-8-14-13(9(2)25)18(27)24(14)15(19(28)29)16(8)31-20-23-12(7-30-20)17(26)22-11-5-3-10(21)4-6-11/h3-9,13-14,25H,1-2H3,(H,22,26)(H,28,29)/t8-,9-,13-,14-/m1/s1. The van der Waals surface area contributed by atoms with Gasteiger partial charge in [-0.1, -0.05) is 18.7 Å². The van der Waals surface area contributed by atoms with Gasteiger partial charge in [-0.2, -0.15) is 0 Å². The molecule has 2 aliphatic heterocycles. The second kappa shape index (κ2) is 8.06. The van der Waals surface area contributed by atoms with Crippen molar-refractivity contribution in [3.05, 3.63) is 51.8 Å². The van der Waals surface area contributed by atoms with Gasteiger partial charge in [0.05, 0.1) is 18.1 Å². The van der Waals surface area contributed by atoms with Crippen LogP contribution in [0, 0.1) is 17.7 Å². The first kappa shape index (κ1) is 21.5. The Morgan fingerprint density at radius 1 is 1.32 bits per heavy atom. The molecule has 0 aliphatic carbocycles. The van der Waals surface area contributed by atoms with E-state index < -0.39 is 41.7 Å². The van der Waals surface area contributed by atoms with Crippen LogP contribution in [0.2, 0.25) is 0 Å². The summed E-state index contributed by atoms with van der Waals surface area (Å²) in [6, 6.07) is 4.90. The fourth-order valence-corrected chi connectivity index (χ4v) is 5.96. The molecule has 1 aromatic carbocycles. The minimum Gasteiger partial charge on any atom is -0.477 e. The van der Waals surface area contributed by atoms with Gasteiger partial charge in [-0.05, 0) is 31.2 Å². The summed E-state index contributed by atoms with van der Waals surface area (Å²) in [5, 5.41) is 23.8. The summed E-state index contributed by atoms with van der Waals surface area (Å²) in [6.45, 7) is 3.33. The number of hydrogen-bond acceptors (Lipinski definition) is 7. The number of thiazole rings is 1. The van der Waals surface area contributed by atoms with Crippen LogP contribution >= 0.6 is 23.1 Å². The summed E-state index contributed by atoms with van der Waals surface area (Å²) in [5.41, 5.74) is 0.457. The Bertz CT molecular complexity index is 1100. The number of hydrogen-bond donors (Lipinski definition) is 3. The van der Waals surface area contributed by atoms with Crippen LogP contribution in [0.15, 0.2) is 44.6 Å². The van der Waals surface area contributed by atoms with Gasteiger partial charge in [0.25, 0.3) is 5.91 Å². The number of rotatable bonds is 6. The van der Waals surface area contributed by atoms with Crippen molar-refractivity contribution in [3.8, 4) is 0 Å². The zero-order chi connectivity index (χ0) is 22.4. The number of carbonyl (C=O) groups excluding carboxylic acids is 2. The van der Waals surface area contributed by atoms with E-state index in [0.717, 1.165) is 11.8 Å². The fourth-order valence-electron chi connectivity index (χ4n) is 3.89. The van der Waals surface area contributed by atoms with Gasteiger partial charge in [0.1, 0.15) is 17.2 Å². The zero-order valence-corrected chi connectivity index (χ0v) is 18.0. The molecule has 0 spiro atoms. The molecule has 2 amide bonds. The van der Waals surface area contributed by atoms with Gasteiger partial charge in [0, 0.05) is 21.9 Å². The van der Waals surface area contributed by atoms with Crippen molar-refractivity contribution in [2.75, 3.05) is 5.32 Å². The first-order chi connectivity index (χ1) is 14.7. The van der Waals surface area contributed by atoms with Crippen LogP contribution in [0.25, 0.3) is 0 Å². The Hall–Kier alpha value is -2.76. The Morgan fingerprint density at radius 2 is 2.00 bits per heavy atom. The second-order valence-corrected chi connectivity index (χ2v) is 9.48. The molecule has 1 aromatic heterocycles. The van der Waals surface area contributed by atoms with Crippen LogP contribution in [0.3, 0.4) is 0 Å². The zero-order valence-electron chi connectivity index (χ0n) is 16.4. The summed E-state index contributed by atoms with van der Waals surface area (Å²) in [7, 11) is 0. The van der Waals surface area contributed by atoms with Gasteiger partial charge < -0.3 is 20.4 Å². The highest BCUT2D eigenvalue weighted by atomic mass is 32.2. The molecule has 0 saturated carbocycles. The number of amides is 2. The van der Waals surface area contributed by atoms with Crippen LogP contribution in [0.5, 0.6) is 0 Å². The second-order valence-electron chi connectivity index (χ2n) is 7.33. The minimum absolute atomic E-state index is 0.100. The summed E-state index contributed by atoms with van der Waals surface area (Å²) >= 11 is 2.28. The SMILES string of the molecule is C[C@@H](O)[C@H]1C(=O)N2C(C(=O)O)=C(Sc3nc(C(=O)Nc4ccc(F)cc4)cs3)[C@H](C)[C@H]12. The first-order valence-electron chi connectivity index (χ1n) is 9.38. The molecule has 3 N–H and O–H groups in total. The number of halogens is 1. The van der Waals surface area contributed by atoms with Crippen LogP contribution in [-0.4, -0.2) is 50.0 Å². The van der Waals surface area contributed by atoms with Gasteiger partial charge in [0.15, 0.2) is 4.34 Å². The van der Waals surface area contributed by atoms with Gasteiger partial charge in [-0.25, -0.2) is 14.2 Å². The van der Waals surface area contributed by atoms with E-state index >= 15 is 0 Å². The molecule has 0 bridgehead atoms. The number of carbonyl (C=O) groups is 3. The lowest BCUT2D eigenvalue weighted by atomic mass is 9.79. The number of fused-ring (bicyclic) bond motifs is 1. The van der Waals surface area contributed by atoms with Crippen molar-refractivity contribution in [1.82, 2.24) is 9.88 Å². The van der Waals surface area contributed by atoms with Crippen molar-refractivity contribution in [3.63, 3.8) is 0 Å². The number of nitrogens with one attached hydrogen (secondary N) is 1. The smallest absolute Gasteiger partial charge is 0.353 e. The number of carboxylic acids is 1. The molecule has 2 aromatic rings. The number of aliphatic hydroxyl groups excluding tert-OH is 1. The van der Waals surface area contributed by atoms with E-state index in [2.05, 4.69) is 10.3 Å². The quantitative estimate of drug-likeness (QED) is 0.564. The Kier molecular flexibility index (Phi) is 5.58. The average molecular weight is 464 g/mol. The van der Waals surface area contributed by atoms with Crippen molar-refractivity contribution in [2.24, 2.45) is 11.8 Å². The lowest BCUT2D eigenvalue weighted by Gasteiger charge is -2.46. The van der Waals surface area contributed by atoms with Crippen molar-refractivity contribution in [1.29, 1.82) is 0 Å². The summed E-state index contributed by atoms with van der Waals surface area (Å²) in [6.07, 6.45) is -0.878. The highest BCUT2D eigenvalue weighted by molar-refractivity contribution is 8.04. The molecule has 31 heavy (non-hydrogen) atoms. The molecular weight excluding hydrogens is 445 g/mol. The molecule has 4 rings (SSSR count). The number of aliphatic carboxylic acids is 1. The van der Waals surface area contributed by atoms with Crippen molar-refractivity contribution < 1.29 is 29.0 Å². The lowest BCUT2D eigenvalue weighted by molar-refractivity contribution is -0.163. The summed E-state index contributed by atoms with van der Waals surface area (Å²) < 4.78 is 13.5. The van der Waals surface area contributed by atoms with Gasteiger partial charge in [-0.15, -0.1) is 11.3 Å². The highest BCUT2D eigenvalue weighted by Crippen LogP contribution is 2.52. The van der Waals surface area contributed by atoms with E-state index in [-0.39, 0.29) is 17.3 Å². The predicted molar refractivity (Wildman–Crippen MR) is 112 cm³/mol. The first-order valence-corrected chi connectivity index (χ1v) is 11.1. The lowest BCUT2D eigenvalue weighted by Crippen LogP contribution is -2.63. The molecule has 0 radical (unpaired) electrons. The predicted octanol–water partition coefficient (Wildman–Crippen LogP) is 2.78. The average Bonchev–Trinajstić information content (AvgIpc) is 3.26. The third-order valence-corrected chi connectivity index (χ3v) is 7.55. The fraction of sp³-hybridized carbons (Fsp3) is 0.300. The topological polar surface area (TPSA) is 120 Å². The molecule has 2 aliphatic rings. The number of anilines is 1. The van der Waals surface area contributed by atoms with E-state index in [9.17, 15) is 29.0 Å². The van der Waals surface area contributed by atoms with E-state index in [0.29, 0.717) is 14.9 Å². The third-order valence-electron chi connectivity index (χ3n) is 5.33. The van der Waals surface area contributed by atoms with E-state index in [1.807, 2.05) is 6.92 Å². The normalized spacial score (nSPS) is 23.4. The van der Waals surface area contributed by atoms with Crippen LogP contribution in [-0.2, 0) is 9.59 Å². The molecule has 3 heterocycles. The monoisotopic (exact) mass is 463 g/mol. The maximum atomic E-state index is 13.0. The molecule has 1 fully saturated rings. The Balaban J connectivity index is 1.53. The number of thioether (sulfide) groups is 1. The number of carboxylic acid groups (broad SMARTS) is 1. The van der Waals surface area contributed by atoms with Crippen molar-refractivity contribution >= 4 is 46.6 Å². The minimum atomic E-state index is -1.22. The van der Waals surface area contributed by atoms with Crippen LogP contribution in [0.4, 0.5) is 10.1 Å². The molecule has 162 valence electrons. The van der Waals surface area contributed by atoms with Crippen molar-refractivity contribution in [2.45, 2.75) is 30.3 Å². The van der Waals surface area contributed by atoms with Gasteiger partial charge in [0.2, 0.25) is 5.91 Å². The molecule has 4 atom stereocenters. The van der Waals surface area contributed by atoms with E-state index in [1.165, 1.54) is 47.4 Å². The molecule has 0 unspecified atom stereocenters. The number of aromatic nitrogens is 1. The molecule has 11 heteroatoms. The number of benzene rings is 1. The summed E-state index contributed by atoms with van der Waals surface area (Å²) in [5.74, 6) is -3.46. The maximum Gasteiger partial charge on any atom is 0.353 e. The largest absolute Gasteiger partial charge is 0.477 e. The maximum absolute atomic E-state index is 13.0. The molecular formula is C20H18FN3O5S2. The molecule has 1 saturated heterocycles. The van der Waals surface area contributed by atoms with Crippen LogP contribution < -0.4 is 5.32 Å². The number of nitrogens with zero attached hydrogens (tertiary/aromatic N) is 2. The number of β-lactam (4-membered cyclic amide) rings is 1.